The molecule has 3 aromatic heterocycles. The number of hydrogen-bond acceptors (Lipinski definition) is 7. The van der Waals surface area contributed by atoms with Gasteiger partial charge in [0, 0.05) is 16.7 Å². The normalized spacial score (nSPS) is 9.86. The van der Waals surface area contributed by atoms with Crippen LogP contribution in [0.5, 0.6) is 0 Å². The maximum Gasteiger partial charge on any atom is 0.356 e. The van der Waals surface area contributed by atoms with Crippen LogP contribution in [-0.4, -0.2) is 54.2 Å². The third kappa shape index (κ3) is 9.74. The largest absolute Gasteiger partial charge is 0.477 e. The average molecular weight is 502 g/mol. The molecule has 0 radical (unpaired) electrons. The van der Waals surface area contributed by atoms with Crippen LogP contribution in [-0.2, 0) is 4.74 Å². The number of hydrogen-bond donors (Lipinski definition) is 4. The number of aromatic nitrogens is 6. The summed E-state index contributed by atoms with van der Waals surface area (Å²) in [6.07, 6.45) is 4.91. The van der Waals surface area contributed by atoms with Gasteiger partial charge in [-0.2, -0.15) is 20.6 Å². The molecule has 11 heteroatoms. The summed E-state index contributed by atoms with van der Waals surface area (Å²) in [5, 5.41) is 36.1. The molecule has 3 aromatic rings. The fourth-order valence-electron chi connectivity index (χ4n) is 2.83. The molecule has 0 aromatic carbocycles. The zero-order valence-corrected chi connectivity index (χ0v) is 22.6. The molecule has 0 aliphatic rings. The van der Waals surface area contributed by atoms with Gasteiger partial charge in [-0.25, -0.2) is 9.59 Å². The second-order valence-electron chi connectivity index (χ2n) is 8.20. The highest BCUT2D eigenvalue weighted by molar-refractivity contribution is 5.89. The second kappa shape index (κ2) is 16.6. The summed E-state index contributed by atoms with van der Waals surface area (Å²) in [6, 6.07) is 2.04. The van der Waals surface area contributed by atoms with E-state index in [4.69, 9.17) is 15.1 Å². The summed E-state index contributed by atoms with van der Waals surface area (Å²) in [5.41, 5.74) is 3.88. The Balaban J connectivity index is 0.000000497. The van der Waals surface area contributed by atoms with Gasteiger partial charge in [0.15, 0.2) is 0 Å². The monoisotopic (exact) mass is 501 g/mol. The summed E-state index contributed by atoms with van der Waals surface area (Å²) >= 11 is 0. The van der Waals surface area contributed by atoms with Crippen molar-refractivity contribution in [3.63, 3.8) is 0 Å². The minimum Gasteiger partial charge on any atom is -0.477 e. The molecule has 0 atom stereocenters. The van der Waals surface area contributed by atoms with Crippen molar-refractivity contribution in [3.8, 4) is 6.07 Å². The van der Waals surface area contributed by atoms with Crippen LogP contribution < -0.4 is 0 Å². The number of carbonyl (C=O) groups is 2. The molecule has 0 fully saturated rings. The highest BCUT2D eigenvalue weighted by Gasteiger charge is 2.16. The molecule has 3 rings (SSSR count). The summed E-state index contributed by atoms with van der Waals surface area (Å²) in [6.45, 7) is 18.1. The lowest BCUT2D eigenvalue weighted by Gasteiger charge is -2.04. The standard InChI is InChI=1S/C9H14N2O2.C7H9N3.C7H10N2O2.C2H6/c1-4-13-9(12)8-7(6(2)3)5-10-11-8;1-5(2)6-4-9-10-7(6)3-8;1-4(2)5-3-8-9-6(5)7(10)11;1-2/h5-6H,4H2,1-3H3,(H,10,11);4-5H,1-2H3,(H,9,10);3-4H,1-2H3,(H,8,9)(H,10,11);1-2H3. The molecule has 3 heterocycles. The molecule has 0 spiro atoms. The van der Waals surface area contributed by atoms with Gasteiger partial charge in [-0.3, -0.25) is 15.3 Å². The first-order valence-electron chi connectivity index (χ1n) is 11.9. The third-order valence-corrected chi connectivity index (χ3v) is 4.68. The number of nitrogens with zero attached hydrogens (tertiary/aromatic N) is 4. The number of nitrogens with one attached hydrogen (secondary N) is 3. The van der Waals surface area contributed by atoms with Crippen LogP contribution in [0.2, 0.25) is 0 Å². The van der Waals surface area contributed by atoms with Crippen LogP contribution in [0, 0.1) is 11.3 Å². The number of rotatable bonds is 6. The van der Waals surface area contributed by atoms with E-state index >= 15 is 0 Å². The quantitative estimate of drug-likeness (QED) is 0.326. The van der Waals surface area contributed by atoms with Crippen LogP contribution in [0.15, 0.2) is 18.6 Å². The zero-order chi connectivity index (χ0) is 27.8. The highest BCUT2D eigenvalue weighted by atomic mass is 16.5. The lowest BCUT2D eigenvalue weighted by molar-refractivity contribution is 0.0517. The number of esters is 1. The molecule has 0 aliphatic heterocycles. The zero-order valence-electron chi connectivity index (χ0n) is 22.6. The first-order chi connectivity index (χ1) is 17.0. The number of aromatic carboxylic acids is 1. The molecule has 0 aliphatic carbocycles. The minimum atomic E-state index is -0.953. The van der Waals surface area contributed by atoms with E-state index in [1.807, 2.05) is 61.5 Å². The number of carboxylic acid groups (broad SMARTS) is 1. The maximum atomic E-state index is 11.3. The van der Waals surface area contributed by atoms with E-state index < -0.39 is 5.97 Å². The first-order valence-corrected chi connectivity index (χ1v) is 11.9. The van der Waals surface area contributed by atoms with E-state index in [1.54, 1.807) is 25.5 Å². The Hall–Kier alpha value is -3.94. The van der Waals surface area contributed by atoms with E-state index in [1.165, 1.54) is 0 Å². The van der Waals surface area contributed by atoms with Gasteiger partial charge in [0.1, 0.15) is 23.2 Å². The van der Waals surface area contributed by atoms with Crippen LogP contribution >= 0.6 is 0 Å². The molecule has 11 nitrogen and oxygen atoms in total. The van der Waals surface area contributed by atoms with Crippen LogP contribution in [0.25, 0.3) is 0 Å². The lowest BCUT2D eigenvalue weighted by Crippen LogP contribution is -2.08. The van der Waals surface area contributed by atoms with Gasteiger partial charge in [-0.1, -0.05) is 55.4 Å². The van der Waals surface area contributed by atoms with Crippen molar-refractivity contribution in [2.45, 2.75) is 80.1 Å². The van der Waals surface area contributed by atoms with Crippen molar-refractivity contribution in [1.82, 2.24) is 30.6 Å². The van der Waals surface area contributed by atoms with Crippen molar-refractivity contribution < 1.29 is 19.4 Å². The first kappa shape index (κ1) is 32.1. The Morgan fingerprint density at radius 3 is 1.64 bits per heavy atom. The summed E-state index contributed by atoms with van der Waals surface area (Å²) in [5.74, 6) is -0.443. The molecule has 198 valence electrons. The molecule has 0 bridgehead atoms. The number of H-pyrrole nitrogens is 3. The third-order valence-electron chi connectivity index (χ3n) is 4.68. The molecular weight excluding hydrogens is 462 g/mol. The molecule has 0 amide bonds. The molecule has 0 saturated carbocycles. The number of ether oxygens (including phenoxy) is 1. The van der Waals surface area contributed by atoms with Crippen LogP contribution in [0.4, 0.5) is 0 Å². The minimum absolute atomic E-state index is 0.194. The van der Waals surface area contributed by atoms with Crippen LogP contribution in [0.1, 0.15) is 123 Å². The Kier molecular flexibility index (Phi) is 14.8. The number of carbonyl (C=O) groups excluding carboxylic acids is 1. The van der Waals surface area contributed by atoms with E-state index in [9.17, 15) is 9.59 Å². The predicted molar refractivity (Wildman–Crippen MR) is 137 cm³/mol. The predicted octanol–water partition coefficient (Wildman–Crippen LogP) is 5.37. The number of nitriles is 1. The van der Waals surface area contributed by atoms with E-state index in [-0.39, 0.29) is 23.5 Å². The van der Waals surface area contributed by atoms with Gasteiger partial charge >= 0.3 is 11.9 Å². The van der Waals surface area contributed by atoms with Gasteiger partial charge < -0.3 is 9.84 Å². The van der Waals surface area contributed by atoms with Gasteiger partial charge in [0.25, 0.3) is 0 Å². The Labute approximate surface area is 212 Å². The van der Waals surface area contributed by atoms with Crippen molar-refractivity contribution in [3.05, 3.63) is 52.4 Å². The number of aromatic amines is 3. The van der Waals surface area contributed by atoms with E-state index in [0.29, 0.717) is 23.9 Å². The fourth-order valence-corrected chi connectivity index (χ4v) is 2.83. The average Bonchev–Trinajstić information content (AvgIpc) is 3.61. The topological polar surface area (TPSA) is 173 Å². The Morgan fingerprint density at radius 1 is 0.861 bits per heavy atom. The fraction of sp³-hybridized carbons (Fsp3) is 0.520. The van der Waals surface area contributed by atoms with Crippen molar-refractivity contribution in [1.29, 1.82) is 5.26 Å². The van der Waals surface area contributed by atoms with Gasteiger partial charge in [0.05, 0.1) is 25.2 Å². The van der Waals surface area contributed by atoms with E-state index in [2.05, 4.69) is 30.6 Å². The van der Waals surface area contributed by atoms with Gasteiger partial charge in [-0.05, 0) is 24.7 Å². The Morgan fingerprint density at radius 2 is 1.28 bits per heavy atom. The molecule has 36 heavy (non-hydrogen) atoms. The van der Waals surface area contributed by atoms with Crippen molar-refractivity contribution in [2.24, 2.45) is 0 Å². The van der Waals surface area contributed by atoms with Gasteiger partial charge in [0.2, 0.25) is 0 Å². The van der Waals surface area contributed by atoms with Crippen molar-refractivity contribution >= 4 is 11.9 Å². The second-order valence-corrected chi connectivity index (χ2v) is 8.20. The molecule has 0 unspecified atom stereocenters. The van der Waals surface area contributed by atoms with Crippen LogP contribution in [0.3, 0.4) is 0 Å². The number of carboxylic acids is 1. The molecular formula is C25H39N7O4. The maximum absolute atomic E-state index is 11.3. The highest BCUT2D eigenvalue weighted by Crippen LogP contribution is 2.18. The summed E-state index contributed by atoms with van der Waals surface area (Å²) < 4.78 is 4.87. The smallest absolute Gasteiger partial charge is 0.356 e. The molecule has 0 saturated heterocycles. The molecule has 4 N–H and O–H groups in total. The lowest BCUT2D eigenvalue weighted by atomic mass is 10.0. The summed E-state index contributed by atoms with van der Waals surface area (Å²) in [4.78, 5) is 21.9. The Bertz CT molecular complexity index is 1090. The van der Waals surface area contributed by atoms with Gasteiger partial charge in [-0.15, -0.1) is 0 Å². The summed E-state index contributed by atoms with van der Waals surface area (Å²) in [7, 11) is 0. The van der Waals surface area contributed by atoms with Crippen molar-refractivity contribution in [2.75, 3.05) is 6.61 Å². The SMILES string of the molecule is CC.CC(C)c1cn[nH]c1C#N.CC(C)c1cn[nH]c1C(=O)O.CCOC(=O)c1[nH]ncc1C(C)C. The van der Waals surface area contributed by atoms with E-state index in [0.717, 1.165) is 16.7 Å².